The quantitative estimate of drug-likeness (QED) is 0.892. The Bertz CT molecular complexity index is 696. The number of carbonyl (C=O) groups is 2. The lowest BCUT2D eigenvalue weighted by Gasteiger charge is -2.18. The maximum Gasteiger partial charge on any atom is 0.227 e. The SMILES string of the molecule is CC(=O)N[C@H](CC(=O)Nc1cc(C)ccn1)c1ccc(C)cc1. The Morgan fingerprint density at radius 2 is 1.78 bits per heavy atom. The molecule has 0 spiro atoms. The monoisotopic (exact) mass is 311 g/mol. The Hall–Kier alpha value is -2.69. The smallest absolute Gasteiger partial charge is 0.227 e. The first-order valence-corrected chi connectivity index (χ1v) is 7.50. The third-order valence-electron chi connectivity index (χ3n) is 3.43. The lowest BCUT2D eigenvalue weighted by Crippen LogP contribution is -2.29. The topological polar surface area (TPSA) is 71.1 Å². The van der Waals surface area contributed by atoms with Crippen molar-refractivity contribution in [2.75, 3.05) is 5.32 Å². The third kappa shape index (κ3) is 5.21. The first-order chi connectivity index (χ1) is 10.9. The van der Waals surface area contributed by atoms with E-state index in [2.05, 4.69) is 15.6 Å². The normalized spacial score (nSPS) is 11.6. The molecule has 120 valence electrons. The zero-order valence-corrected chi connectivity index (χ0v) is 13.6. The van der Waals surface area contributed by atoms with Gasteiger partial charge in [-0.3, -0.25) is 9.59 Å². The van der Waals surface area contributed by atoms with Gasteiger partial charge in [-0.25, -0.2) is 4.98 Å². The van der Waals surface area contributed by atoms with Gasteiger partial charge in [-0.05, 0) is 37.1 Å². The maximum atomic E-state index is 12.3. The highest BCUT2D eigenvalue weighted by molar-refractivity contribution is 5.90. The summed E-state index contributed by atoms with van der Waals surface area (Å²) in [5.74, 6) is 0.153. The first-order valence-electron chi connectivity index (χ1n) is 7.50. The molecule has 23 heavy (non-hydrogen) atoms. The van der Waals surface area contributed by atoms with E-state index in [1.165, 1.54) is 6.92 Å². The van der Waals surface area contributed by atoms with Crippen molar-refractivity contribution in [3.8, 4) is 0 Å². The zero-order chi connectivity index (χ0) is 16.8. The molecule has 0 saturated heterocycles. The molecule has 0 radical (unpaired) electrons. The summed E-state index contributed by atoms with van der Waals surface area (Å²) in [6, 6.07) is 11.1. The van der Waals surface area contributed by atoms with Gasteiger partial charge < -0.3 is 10.6 Å². The second-order valence-electron chi connectivity index (χ2n) is 5.63. The fourth-order valence-electron chi connectivity index (χ4n) is 2.28. The molecule has 1 aromatic carbocycles. The van der Waals surface area contributed by atoms with Crippen molar-refractivity contribution < 1.29 is 9.59 Å². The van der Waals surface area contributed by atoms with E-state index in [-0.39, 0.29) is 24.3 Å². The number of nitrogens with one attached hydrogen (secondary N) is 2. The van der Waals surface area contributed by atoms with Crippen LogP contribution in [-0.2, 0) is 9.59 Å². The van der Waals surface area contributed by atoms with Crippen LogP contribution in [0.1, 0.15) is 36.1 Å². The summed E-state index contributed by atoms with van der Waals surface area (Å²) in [6.45, 7) is 5.37. The van der Waals surface area contributed by atoms with Gasteiger partial charge in [0.1, 0.15) is 5.82 Å². The van der Waals surface area contributed by atoms with Crippen LogP contribution in [0.3, 0.4) is 0 Å². The highest BCUT2D eigenvalue weighted by Crippen LogP contribution is 2.18. The Kier molecular flexibility index (Phi) is 5.46. The standard InChI is InChI=1S/C18H21N3O2/c1-12-4-6-15(7-5-12)16(20-14(3)22)11-18(23)21-17-10-13(2)8-9-19-17/h4-10,16H,11H2,1-3H3,(H,20,22)(H,19,21,23)/t16-/m1/s1. The molecule has 0 aliphatic carbocycles. The van der Waals surface area contributed by atoms with Crippen molar-refractivity contribution in [2.24, 2.45) is 0 Å². The average Bonchev–Trinajstić information content (AvgIpc) is 2.46. The average molecular weight is 311 g/mol. The van der Waals surface area contributed by atoms with Gasteiger partial charge in [0.15, 0.2) is 0 Å². The summed E-state index contributed by atoms with van der Waals surface area (Å²) < 4.78 is 0. The van der Waals surface area contributed by atoms with E-state index in [0.717, 1.165) is 16.7 Å². The number of amides is 2. The molecule has 0 aliphatic rings. The van der Waals surface area contributed by atoms with Crippen LogP contribution in [0.4, 0.5) is 5.82 Å². The van der Waals surface area contributed by atoms with Crippen molar-refractivity contribution in [3.63, 3.8) is 0 Å². The Morgan fingerprint density at radius 3 is 2.39 bits per heavy atom. The lowest BCUT2D eigenvalue weighted by atomic mass is 10.0. The van der Waals surface area contributed by atoms with E-state index < -0.39 is 0 Å². The molecule has 2 aromatic rings. The van der Waals surface area contributed by atoms with Crippen LogP contribution in [0, 0.1) is 13.8 Å². The minimum Gasteiger partial charge on any atom is -0.349 e. The van der Waals surface area contributed by atoms with Gasteiger partial charge in [0.2, 0.25) is 11.8 Å². The molecule has 0 bridgehead atoms. The summed E-state index contributed by atoms with van der Waals surface area (Å²) in [4.78, 5) is 27.8. The van der Waals surface area contributed by atoms with Gasteiger partial charge in [-0.15, -0.1) is 0 Å². The fourth-order valence-corrected chi connectivity index (χ4v) is 2.28. The zero-order valence-electron chi connectivity index (χ0n) is 13.6. The van der Waals surface area contributed by atoms with E-state index >= 15 is 0 Å². The van der Waals surface area contributed by atoms with Crippen LogP contribution in [0.25, 0.3) is 0 Å². The lowest BCUT2D eigenvalue weighted by molar-refractivity contribution is -0.120. The number of benzene rings is 1. The number of aryl methyl sites for hydroxylation is 2. The maximum absolute atomic E-state index is 12.3. The van der Waals surface area contributed by atoms with E-state index in [9.17, 15) is 9.59 Å². The molecule has 0 saturated carbocycles. The molecule has 2 amide bonds. The summed E-state index contributed by atoms with van der Waals surface area (Å²) >= 11 is 0. The van der Waals surface area contributed by atoms with Crippen molar-refractivity contribution >= 4 is 17.6 Å². The van der Waals surface area contributed by atoms with Crippen molar-refractivity contribution in [1.29, 1.82) is 0 Å². The fraction of sp³-hybridized carbons (Fsp3) is 0.278. The number of carbonyl (C=O) groups excluding carboxylic acids is 2. The van der Waals surface area contributed by atoms with Crippen LogP contribution >= 0.6 is 0 Å². The van der Waals surface area contributed by atoms with E-state index in [1.54, 1.807) is 12.3 Å². The number of pyridine rings is 1. The molecular weight excluding hydrogens is 290 g/mol. The highest BCUT2D eigenvalue weighted by Gasteiger charge is 2.17. The Morgan fingerprint density at radius 1 is 1.09 bits per heavy atom. The van der Waals surface area contributed by atoms with Gasteiger partial charge in [0, 0.05) is 13.1 Å². The van der Waals surface area contributed by atoms with Crippen LogP contribution in [0.5, 0.6) is 0 Å². The molecule has 0 fully saturated rings. The van der Waals surface area contributed by atoms with Crippen LogP contribution in [0.2, 0.25) is 0 Å². The van der Waals surface area contributed by atoms with Gasteiger partial charge in [0.05, 0.1) is 12.5 Å². The second kappa shape index (κ2) is 7.54. The minimum absolute atomic E-state index is 0.151. The van der Waals surface area contributed by atoms with E-state index in [1.807, 2.05) is 44.2 Å². The predicted molar refractivity (Wildman–Crippen MR) is 90.0 cm³/mol. The van der Waals surface area contributed by atoms with E-state index in [0.29, 0.717) is 5.82 Å². The molecule has 1 aromatic heterocycles. The number of nitrogens with zero attached hydrogens (tertiary/aromatic N) is 1. The second-order valence-corrected chi connectivity index (χ2v) is 5.63. The first kappa shape index (κ1) is 16.7. The molecule has 1 heterocycles. The molecular formula is C18H21N3O2. The minimum atomic E-state index is -0.363. The van der Waals surface area contributed by atoms with Gasteiger partial charge in [-0.1, -0.05) is 29.8 Å². The summed E-state index contributed by atoms with van der Waals surface area (Å²) in [5, 5.41) is 5.59. The van der Waals surface area contributed by atoms with Crippen molar-refractivity contribution in [1.82, 2.24) is 10.3 Å². The summed E-state index contributed by atoms with van der Waals surface area (Å²) in [5.41, 5.74) is 3.05. The number of hydrogen-bond donors (Lipinski definition) is 2. The third-order valence-corrected chi connectivity index (χ3v) is 3.43. The van der Waals surface area contributed by atoms with Gasteiger partial charge in [0.25, 0.3) is 0 Å². The van der Waals surface area contributed by atoms with Crippen LogP contribution < -0.4 is 10.6 Å². The molecule has 1 atom stereocenters. The molecule has 2 rings (SSSR count). The predicted octanol–water partition coefficient (Wildman–Crippen LogP) is 2.90. The Balaban J connectivity index is 2.09. The van der Waals surface area contributed by atoms with Crippen molar-refractivity contribution in [3.05, 3.63) is 59.3 Å². The highest BCUT2D eigenvalue weighted by atomic mass is 16.2. The van der Waals surface area contributed by atoms with E-state index in [4.69, 9.17) is 0 Å². The molecule has 0 aliphatic heterocycles. The number of anilines is 1. The number of hydrogen-bond acceptors (Lipinski definition) is 3. The van der Waals surface area contributed by atoms with Gasteiger partial charge >= 0.3 is 0 Å². The van der Waals surface area contributed by atoms with Crippen molar-refractivity contribution in [2.45, 2.75) is 33.2 Å². The molecule has 5 heteroatoms. The number of aromatic nitrogens is 1. The molecule has 0 unspecified atom stereocenters. The largest absolute Gasteiger partial charge is 0.349 e. The van der Waals surface area contributed by atoms with Crippen LogP contribution in [-0.4, -0.2) is 16.8 Å². The van der Waals surface area contributed by atoms with Gasteiger partial charge in [-0.2, -0.15) is 0 Å². The summed E-state index contributed by atoms with van der Waals surface area (Å²) in [6.07, 6.45) is 1.80. The molecule has 2 N–H and O–H groups in total. The molecule has 5 nitrogen and oxygen atoms in total. The van der Waals surface area contributed by atoms with Crippen LogP contribution in [0.15, 0.2) is 42.6 Å². The summed E-state index contributed by atoms with van der Waals surface area (Å²) in [7, 11) is 0. The Labute approximate surface area is 136 Å². The number of rotatable bonds is 5.